The Hall–Kier alpha value is -1.62. The number of anilines is 1. The molecule has 0 radical (unpaired) electrons. The number of nitrogens with one attached hydrogen (secondary N) is 1. The number of carbonyl (C=O) groups excluding carboxylic acids is 1. The molecule has 5 heteroatoms. The number of benzene rings is 1. The maximum Gasteiger partial charge on any atom is 0.236 e. The number of halogens is 1. The molecule has 4 nitrogen and oxygen atoms in total. The van der Waals surface area contributed by atoms with Crippen LogP contribution in [0.4, 0.5) is 10.1 Å². The minimum atomic E-state index is -0.360. The highest BCUT2D eigenvalue weighted by atomic mass is 19.1. The molecule has 1 heterocycles. The number of hydrogen-bond acceptors (Lipinski definition) is 3. The van der Waals surface area contributed by atoms with Gasteiger partial charge in [-0.3, -0.25) is 4.79 Å². The predicted molar refractivity (Wildman–Crippen MR) is 71.5 cm³/mol. The molecule has 1 amide bonds. The first-order valence-electron chi connectivity index (χ1n) is 6.72. The normalized spacial score (nSPS) is 19.3. The molecule has 102 valence electrons. The predicted octanol–water partition coefficient (Wildman–Crippen LogP) is 0.794. The smallest absolute Gasteiger partial charge is 0.236 e. The minimum Gasteiger partial charge on any atom is -0.369 e. The standard InChI is InChI=1S/C14H18FN3O/c15-10-2-1-9-5-6-18(13(9)7-10)8-12(14(16)19)17-11-3-4-11/h1-2,7,11-12,17H,3-6,8H2,(H2,16,19). The molecule has 1 fully saturated rings. The zero-order valence-electron chi connectivity index (χ0n) is 10.7. The summed E-state index contributed by atoms with van der Waals surface area (Å²) in [7, 11) is 0. The number of amides is 1. The number of hydrogen-bond donors (Lipinski definition) is 2. The van der Waals surface area contributed by atoms with E-state index in [2.05, 4.69) is 5.32 Å². The van der Waals surface area contributed by atoms with E-state index < -0.39 is 0 Å². The summed E-state index contributed by atoms with van der Waals surface area (Å²) in [6.07, 6.45) is 3.11. The van der Waals surface area contributed by atoms with E-state index >= 15 is 0 Å². The van der Waals surface area contributed by atoms with Crippen LogP contribution in [-0.2, 0) is 11.2 Å². The number of nitrogens with zero attached hydrogens (tertiary/aromatic N) is 1. The lowest BCUT2D eigenvalue weighted by atomic mass is 10.1. The van der Waals surface area contributed by atoms with Gasteiger partial charge in [0.1, 0.15) is 11.9 Å². The maximum absolute atomic E-state index is 13.3. The Morgan fingerprint density at radius 2 is 2.32 bits per heavy atom. The van der Waals surface area contributed by atoms with Crippen molar-refractivity contribution in [3.8, 4) is 0 Å². The van der Waals surface area contributed by atoms with E-state index in [1.165, 1.54) is 12.1 Å². The number of fused-ring (bicyclic) bond motifs is 1. The van der Waals surface area contributed by atoms with Crippen molar-refractivity contribution in [3.63, 3.8) is 0 Å². The summed E-state index contributed by atoms with van der Waals surface area (Å²) >= 11 is 0. The molecular weight excluding hydrogens is 245 g/mol. The van der Waals surface area contributed by atoms with Gasteiger partial charge in [-0.25, -0.2) is 4.39 Å². The van der Waals surface area contributed by atoms with Crippen LogP contribution in [0, 0.1) is 5.82 Å². The van der Waals surface area contributed by atoms with Gasteiger partial charge in [0.25, 0.3) is 0 Å². The zero-order valence-corrected chi connectivity index (χ0v) is 10.7. The van der Waals surface area contributed by atoms with Crippen LogP contribution in [-0.4, -0.2) is 31.1 Å². The second kappa shape index (κ2) is 4.81. The molecule has 1 saturated carbocycles. The largest absolute Gasteiger partial charge is 0.369 e. The van der Waals surface area contributed by atoms with Gasteiger partial charge < -0.3 is 16.0 Å². The summed E-state index contributed by atoms with van der Waals surface area (Å²) in [5.74, 6) is -0.576. The van der Waals surface area contributed by atoms with Crippen molar-refractivity contribution < 1.29 is 9.18 Å². The quantitative estimate of drug-likeness (QED) is 0.826. The summed E-state index contributed by atoms with van der Waals surface area (Å²) in [4.78, 5) is 13.5. The third kappa shape index (κ3) is 2.71. The lowest BCUT2D eigenvalue weighted by Gasteiger charge is -2.25. The molecule has 3 N–H and O–H groups in total. The van der Waals surface area contributed by atoms with Crippen LogP contribution in [0.1, 0.15) is 18.4 Å². The first-order valence-corrected chi connectivity index (χ1v) is 6.72. The van der Waals surface area contributed by atoms with Crippen LogP contribution < -0.4 is 16.0 Å². The van der Waals surface area contributed by atoms with Crippen molar-refractivity contribution in [2.24, 2.45) is 5.73 Å². The van der Waals surface area contributed by atoms with E-state index in [1.807, 2.05) is 11.0 Å². The second-order valence-electron chi connectivity index (χ2n) is 5.36. The molecule has 19 heavy (non-hydrogen) atoms. The van der Waals surface area contributed by atoms with E-state index in [0.29, 0.717) is 12.6 Å². The van der Waals surface area contributed by atoms with Crippen LogP contribution in [0.3, 0.4) is 0 Å². The third-order valence-electron chi connectivity index (χ3n) is 3.80. The highest BCUT2D eigenvalue weighted by Gasteiger charge is 2.30. The first kappa shape index (κ1) is 12.4. The summed E-state index contributed by atoms with van der Waals surface area (Å²) in [5, 5.41) is 3.25. The number of rotatable bonds is 5. The van der Waals surface area contributed by atoms with Gasteiger partial charge in [-0.15, -0.1) is 0 Å². The summed E-state index contributed by atoms with van der Waals surface area (Å²) in [6, 6.07) is 4.90. The Labute approximate surface area is 111 Å². The Morgan fingerprint density at radius 1 is 1.53 bits per heavy atom. The van der Waals surface area contributed by atoms with Crippen LogP contribution in [0.15, 0.2) is 18.2 Å². The van der Waals surface area contributed by atoms with Gasteiger partial charge in [0.15, 0.2) is 0 Å². The fraction of sp³-hybridized carbons (Fsp3) is 0.500. The molecule has 1 aromatic rings. The van der Waals surface area contributed by atoms with Crippen molar-refractivity contribution in [1.29, 1.82) is 0 Å². The van der Waals surface area contributed by atoms with Crippen LogP contribution >= 0.6 is 0 Å². The summed E-state index contributed by atoms with van der Waals surface area (Å²) in [6.45, 7) is 1.33. The minimum absolute atomic E-state index is 0.239. The molecule has 3 rings (SSSR count). The molecule has 0 bridgehead atoms. The van der Waals surface area contributed by atoms with Crippen LogP contribution in [0.25, 0.3) is 0 Å². The van der Waals surface area contributed by atoms with Gasteiger partial charge in [0.2, 0.25) is 5.91 Å². The van der Waals surface area contributed by atoms with Gasteiger partial charge in [-0.1, -0.05) is 6.07 Å². The highest BCUT2D eigenvalue weighted by molar-refractivity contribution is 5.81. The Balaban J connectivity index is 1.73. The van der Waals surface area contributed by atoms with E-state index in [0.717, 1.165) is 37.1 Å². The van der Waals surface area contributed by atoms with Crippen LogP contribution in [0.5, 0.6) is 0 Å². The molecule has 1 unspecified atom stereocenters. The average molecular weight is 263 g/mol. The molecule has 1 aliphatic heterocycles. The van der Waals surface area contributed by atoms with E-state index in [-0.39, 0.29) is 17.8 Å². The molecule has 2 aliphatic rings. The molecule has 1 atom stereocenters. The highest BCUT2D eigenvalue weighted by Crippen LogP contribution is 2.29. The maximum atomic E-state index is 13.3. The second-order valence-corrected chi connectivity index (χ2v) is 5.36. The van der Waals surface area contributed by atoms with E-state index in [4.69, 9.17) is 5.73 Å². The summed E-state index contributed by atoms with van der Waals surface area (Å²) < 4.78 is 13.3. The summed E-state index contributed by atoms with van der Waals surface area (Å²) in [5.41, 5.74) is 7.47. The Bertz CT molecular complexity index is 501. The fourth-order valence-electron chi connectivity index (χ4n) is 2.59. The monoisotopic (exact) mass is 263 g/mol. The van der Waals surface area contributed by atoms with Gasteiger partial charge in [-0.05, 0) is 37.0 Å². The molecular formula is C14H18FN3O. The number of nitrogens with two attached hydrogens (primary N) is 1. The zero-order chi connectivity index (χ0) is 13.4. The SMILES string of the molecule is NC(=O)C(CN1CCc2ccc(F)cc21)NC1CC1. The average Bonchev–Trinajstić information content (AvgIpc) is 3.10. The molecule has 1 aromatic carbocycles. The lowest BCUT2D eigenvalue weighted by molar-refractivity contribution is -0.119. The van der Waals surface area contributed by atoms with Crippen LogP contribution in [0.2, 0.25) is 0 Å². The molecule has 0 saturated heterocycles. The lowest BCUT2D eigenvalue weighted by Crippen LogP contribution is -2.49. The van der Waals surface area contributed by atoms with Gasteiger partial charge in [0, 0.05) is 24.8 Å². The van der Waals surface area contributed by atoms with Gasteiger partial charge >= 0.3 is 0 Å². The van der Waals surface area contributed by atoms with Crippen molar-refractivity contribution in [2.45, 2.75) is 31.3 Å². The Kier molecular flexibility index (Phi) is 3.14. The molecule has 0 spiro atoms. The molecule has 0 aromatic heterocycles. The van der Waals surface area contributed by atoms with E-state index in [1.54, 1.807) is 0 Å². The Morgan fingerprint density at radius 3 is 3.00 bits per heavy atom. The fourth-order valence-corrected chi connectivity index (χ4v) is 2.59. The van der Waals surface area contributed by atoms with Crippen molar-refractivity contribution in [1.82, 2.24) is 5.32 Å². The third-order valence-corrected chi connectivity index (χ3v) is 3.80. The van der Waals surface area contributed by atoms with Gasteiger partial charge in [0.05, 0.1) is 0 Å². The first-order chi connectivity index (χ1) is 9.13. The topological polar surface area (TPSA) is 58.4 Å². The van der Waals surface area contributed by atoms with Crippen molar-refractivity contribution in [3.05, 3.63) is 29.6 Å². The number of carbonyl (C=O) groups is 1. The van der Waals surface area contributed by atoms with Crippen molar-refractivity contribution in [2.75, 3.05) is 18.0 Å². The van der Waals surface area contributed by atoms with Gasteiger partial charge in [-0.2, -0.15) is 0 Å². The molecule has 1 aliphatic carbocycles. The number of primary amides is 1. The van der Waals surface area contributed by atoms with Crippen molar-refractivity contribution >= 4 is 11.6 Å². The van der Waals surface area contributed by atoms with E-state index in [9.17, 15) is 9.18 Å².